The molecule has 0 spiro atoms. The van der Waals surface area contributed by atoms with Crippen LogP contribution in [0.3, 0.4) is 0 Å². The van der Waals surface area contributed by atoms with E-state index < -0.39 is 6.10 Å². The Balaban J connectivity index is 2.27. The van der Waals surface area contributed by atoms with E-state index in [1.54, 1.807) is 25.0 Å². The number of aliphatic hydroxyl groups excluding tert-OH is 1. The van der Waals surface area contributed by atoms with Crippen LogP contribution in [0.2, 0.25) is 0 Å². The van der Waals surface area contributed by atoms with Gasteiger partial charge in [0.1, 0.15) is 5.82 Å². The van der Waals surface area contributed by atoms with Gasteiger partial charge in [-0.05, 0) is 13.8 Å². The van der Waals surface area contributed by atoms with Crippen LogP contribution >= 0.6 is 0 Å². The van der Waals surface area contributed by atoms with Gasteiger partial charge in [0, 0.05) is 32.4 Å². The number of aromatic nitrogens is 4. The van der Waals surface area contributed by atoms with Crippen LogP contribution in [-0.2, 0) is 20.0 Å². The molecule has 1 atom stereocenters. The molecule has 19 heavy (non-hydrogen) atoms. The van der Waals surface area contributed by atoms with Gasteiger partial charge in [0.15, 0.2) is 0 Å². The first-order chi connectivity index (χ1) is 9.08. The normalized spacial score (nSPS) is 12.7. The first-order valence-corrected chi connectivity index (χ1v) is 6.34. The number of rotatable bonds is 5. The van der Waals surface area contributed by atoms with Crippen molar-refractivity contribution in [3.63, 3.8) is 0 Å². The van der Waals surface area contributed by atoms with E-state index in [1.807, 2.05) is 24.6 Å². The molecule has 0 aliphatic carbocycles. The zero-order chi connectivity index (χ0) is 14.0. The van der Waals surface area contributed by atoms with Crippen molar-refractivity contribution >= 4 is 0 Å². The second-order valence-corrected chi connectivity index (χ2v) is 4.48. The molecule has 6 nitrogen and oxygen atoms in total. The third-order valence-corrected chi connectivity index (χ3v) is 3.26. The van der Waals surface area contributed by atoms with Crippen molar-refractivity contribution in [3.05, 3.63) is 29.5 Å². The topological polar surface area (TPSA) is 65.1 Å². The van der Waals surface area contributed by atoms with Crippen LogP contribution in [0.1, 0.15) is 30.1 Å². The quantitative estimate of drug-likeness (QED) is 0.882. The second-order valence-electron chi connectivity index (χ2n) is 4.48. The van der Waals surface area contributed by atoms with Gasteiger partial charge < -0.3 is 14.4 Å². The highest BCUT2D eigenvalue weighted by Gasteiger charge is 2.23. The molecular weight excluding hydrogens is 244 g/mol. The summed E-state index contributed by atoms with van der Waals surface area (Å²) >= 11 is 0. The van der Waals surface area contributed by atoms with E-state index in [0.717, 1.165) is 23.6 Å². The molecule has 1 N–H and O–H groups in total. The van der Waals surface area contributed by atoms with Crippen molar-refractivity contribution in [2.75, 3.05) is 7.11 Å². The lowest BCUT2D eigenvalue weighted by Crippen LogP contribution is -2.09. The maximum absolute atomic E-state index is 10.4. The largest absolute Gasteiger partial charge is 0.481 e. The summed E-state index contributed by atoms with van der Waals surface area (Å²) in [5, 5.41) is 14.7. The number of aliphatic hydroxyl groups is 1. The third kappa shape index (κ3) is 2.49. The number of nitrogens with zero attached hydrogens (tertiary/aromatic N) is 4. The van der Waals surface area contributed by atoms with Gasteiger partial charge in [-0.3, -0.25) is 0 Å². The average Bonchev–Trinajstić information content (AvgIpc) is 2.92. The van der Waals surface area contributed by atoms with Crippen LogP contribution in [0, 0.1) is 6.92 Å². The molecule has 0 aliphatic heterocycles. The molecule has 104 valence electrons. The fourth-order valence-electron chi connectivity index (χ4n) is 2.37. The fraction of sp³-hybridized carbons (Fsp3) is 0.538. The van der Waals surface area contributed by atoms with Crippen LogP contribution < -0.4 is 4.74 Å². The Bertz CT molecular complexity index is 559. The number of hydrogen-bond donors (Lipinski definition) is 1. The zero-order valence-electron chi connectivity index (χ0n) is 11.8. The molecule has 0 aliphatic rings. The first kappa shape index (κ1) is 13.6. The molecule has 2 aromatic heterocycles. The summed E-state index contributed by atoms with van der Waals surface area (Å²) in [7, 11) is 3.38. The molecule has 0 saturated heterocycles. The lowest BCUT2D eigenvalue weighted by atomic mass is 10.1. The van der Waals surface area contributed by atoms with E-state index >= 15 is 0 Å². The summed E-state index contributed by atoms with van der Waals surface area (Å²) in [6, 6.07) is 0. The smallest absolute Gasteiger partial charge is 0.217 e. The zero-order valence-corrected chi connectivity index (χ0v) is 11.8. The number of ether oxygens (including phenoxy) is 1. The van der Waals surface area contributed by atoms with E-state index in [4.69, 9.17) is 4.74 Å². The minimum absolute atomic E-state index is 0.448. The Labute approximate surface area is 112 Å². The number of aryl methyl sites for hydroxylation is 3. The summed E-state index contributed by atoms with van der Waals surface area (Å²) in [4.78, 5) is 4.28. The van der Waals surface area contributed by atoms with Crippen molar-refractivity contribution in [1.82, 2.24) is 19.3 Å². The number of methoxy groups -OCH3 is 1. The van der Waals surface area contributed by atoms with Gasteiger partial charge in [-0.2, -0.15) is 5.10 Å². The van der Waals surface area contributed by atoms with E-state index in [9.17, 15) is 5.11 Å². The highest BCUT2D eigenvalue weighted by molar-refractivity contribution is 5.33. The molecule has 0 saturated carbocycles. The summed E-state index contributed by atoms with van der Waals surface area (Å²) in [5.41, 5.74) is 1.51. The highest BCUT2D eigenvalue weighted by atomic mass is 16.5. The Hall–Kier alpha value is -1.82. The van der Waals surface area contributed by atoms with E-state index in [0.29, 0.717) is 12.3 Å². The van der Waals surface area contributed by atoms with Crippen LogP contribution in [-0.4, -0.2) is 31.5 Å². The van der Waals surface area contributed by atoms with Gasteiger partial charge in [-0.1, -0.05) is 0 Å². The van der Waals surface area contributed by atoms with Crippen LogP contribution in [0.15, 0.2) is 12.4 Å². The van der Waals surface area contributed by atoms with Crippen molar-refractivity contribution in [3.8, 4) is 5.88 Å². The summed E-state index contributed by atoms with van der Waals surface area (Å²) in [5.74, 6) is 1.46. The summed E-state index contributed by atoms with van der Waals surface area (Å²) in [6.45, 7) is 4.76. The van der Waals surface area contributed by atoms with Gasteiger partial charge in [0.25, 0.3) is 0 Å². The van der Waals surface area contributed by atoms with Crippen molar-refractivity contribution in [2.45, 2.75) is 32.9 Å². The first-order valence-electron chi connectivity index (χ1n) is 6.34. The SMILES string of the molecule is CCn1ccnc1CC(O)c1c(C)nn(C)c1OC. The standard InChI is InChI=1S/C13H20N4O2/c1-5-17-7-6-14-11(17)8-10(18)12-9(2)15-16(3)13(12)19-4/h6-7,10,18H,5,8H2,1-4H3. The van der Waals surface area contributed by atoms with Gasteiger partial charge in [-0.15, -0.1) is 0 Å². The minimum Gasteiger partial charge on any atom is -0.481 e. The Morgan fingerprint density at radius 1 is 1.47 bits per heavy atom. The molecule has 2 rings (SSSR count). The van der Waals surface area contributed by atoms with Gasteiger partial charge in [-0.25, -0.2) is 9.67 Å². The Morgan fingerprint density at radius 2 is 2.21 bits per heavy atom. The van der Waals surface area contributed by atoms with Crippen LogP contribution in [0.5, 0.6) is 5.88 Å². The average molecular weight is 264 g/mol. The molecule has 2 heterocycles. The molecule has 0 bridgehead atoms. The van der Waals surface area contributed by atoms with Crippen molar-refractivity contribution < 1.29 is 9.84 Å². The van der Waals surface area contributed by atoms with E-state index in [1.165, 1.54) is 0 Å². The predicted molar refractivity (Wildman–Crippen MR) is 71.1 cm³/mol. The lowest BCUT2D eigenvalue weighted by Gasteiger charge is -2.13. The maximum Gasteiger partial charge on any atom is 0.217 e. The van der Waals surface area contributed by atoms with E-state index in [2.05, 4.69) is 10.1 Å². The monoisotopic (exact) mass is 264 g/mol. The van der Waals surface area contributed by atoms with Crippen molar-refractivity contribution in [2.24, 2.45) is 7.05 Å². The van der Waals surface area contributed by atoms with Gasteiger partial charge in [0.05, 0.1) is 24.5 Å². The second kappa shape index (κ2) is 5.44. The molecule has 6 heteroatoms. The predicted octanol–water partition coefficient (Wildman–Crippen LogP) is 1.23. The summed E-state index contributed by atoms with van der Waals surface area (Å²) < 4.78 is 8.96. The molecule has 0 fully saturated rings. The number of hydrogen-bond acceptors (Lipinski definition) is 4. The van der Waals surface area contributed by atoms with Crippen molar-refractivity contribution in [1.29, 1.82) is 0 Å². The van der Waals surface area contributed by atoms with Crippen LogP contribution in [0.25, 0.3) is 0 Å². The Morgan fingerprint density at radius 3 is 2.84 bits per heavy atom. The Kier molecular flexibility index (Phi) is 3.90. The minimum atomic E-state index is -0.670. The summed E-state index contributed by atoms with van der Waals surface area (Å²) in [6.07, 6.45) is 3.44. The molecular formula is C13H20N4O2. The van der Waals surface area contributed by atoms with Crippen LogP contribution in [0.4, 0.5) is 0 Å². The molecule has 1 unspecified atom stereocenters. The fourth-order valence-corrected chi connectivity index (χ4v) is 2.37. The van der Waals surface area contributed by atoms with E-state index in [-0.39, 0.29) is 0 Å². The molecule has 0 amide bonds. The number of imidazole rings is 1. The highest BCUT2D eigenvalue weighted by Crippen LogP contribution is 2.29. The third-order valence-electron chi connectivity index (χ3n) is 3.26. The maximum atomic E-state index is 10.4. The van der Waals surface area contributed by atoms with Gasteiger partial charge >= 0.3 is 0 Å². The molecule has 0 radical (unpaired) electrons. The lowest BCUT2D eigenvalue weighted by molar-refractivity contribution is 0.169. The molecule has 2 aromatic rings. The van der Waals surface area contributed by atoms with Gasteiger partial charge in [0.2, 0.25) is 5.88 Å². The molecule has 0 aromatic carbocycles.